The van der Waals surface area contributed by atoms with Crippen LogP contribution in [-0.4, -0.2) is 26.2 Å². The first-order chi connectivity index (χ1) is 11.0. The number of allylic oxidation sites excluding steroid dienone is 1. The van der Waals surface area contributed by atoms with Crippen LogP contribution >= 0.6 is 22.9 Å². The molecule has 1 aromatic carbocycles. The zero-order chi connectivity index (χ0) is 17.8. The standard InChI is InChI=1S/C14H14ClNOS.C2H5N.C2H6/c1-3-9(2)8-16-14(17)13-12(15)10-6-4-5-7-11(10)18-13;1-3-2;1-2/h3-7H,8H2,1-2H3,(H,16,17);1H2,2H3;1-2H3/b9-3+;;. The van der Waals surface area contributed by atoms with E-state index >= 15 is 0 Å². The summed E-state index contributed by atoms with van der Waals surface area (Å²) in [6, 6.07) is 7.77. The summed E-state index contributed by atoms with van der Waals surface area (Å²) in [7, 11) is 1.64. The second-order valence-corrected chi connectivity index (χ2v) is 5.81. The molecule has 126 valence electrons. The first-order valence-electron chi connectivity index (χ1n) is 7.47. The molecule has 5 heteroatoms. The summed E-state index contributed by atoms with van der Waals surface area (Å²) in [6.45, 7) is 11.6. The molecule has 0 aliphatic heterocycles. The van der Waals surface area contributed by atoms with Crippen LogP contribution in [0.5, 0.6) is 0 Å². The van der Waals surface area contributed by atoms with Crippen molar-refractivity contribution in [3.05, 3.63) is 45.8 Å². The highest BCUT2D eigenvalue weighted by Crippen LogP contribution is 2.34. The van der Waals surface area contributed by atoms with E-state index in [4.69, 9.17) is 11.6 Å². The molecule has 1 aromatic heterocycles. The quantitative estimate of drug-likeness (QED) is 0.567. The average Bonchev–Trinajstić information content (AvgIpc) is 2.92. The van der Waals surface area contributed by atoms with Crippen molar-refractivity contribution in [1.82, 2.24) is 5.32 Å². The van der Waals surface area contributed by atoms with Gasteiger partial charge in [0.15, 0.2) is 0 Å². The van der Waals surface area contributed by atoms with E-state index < -0.39 is 0 Å². The van der Waals surface area contributed by atoms with E-state index in [1.165, 1.54) is 11.3 Å². The second-order valence-electron chi connectivity index (χ2n) is 4.38. The molecule has 23 heavy (non-hydrogen) atoms. The van der Waals surface area contributed by atoms with E-state index in [1.54, 1.807) is 7.05 Å². The number of hydrogen-bond acceptors (Lipinski definition) is 3. The van der Waals surface area contributed by atoms with Gasteiger partial charge in [0.25, 0.3) is 5.91 Å². The van der Waals surface area contributed by atoms with Crippen LogP contribution in [0.2, 0.25) is 5.02 Å². The Morgan fingerprint density at radius 1 is 1.39 bits per heavy atom. The minimum atomic E-state index is -0.109. The fourth-order valence-corrected chi connectivity index (χ4v) is 3.00. The van der Waals surface area contributed by atoms with Crippen LogP contribution in [0.25, 0.3) is 10.1 Å². The third-order valence-corrected chi connectivity index (χ3v) is 4.44. The molecule has 0 atom stereocenters. The van der Waals surface area contributed by atoms with Gasteiger partial charge in [-0.05, 0) is 26.6 Å². The molecule has 0 saturated heterocycles. The first kappa shape index (κ1) is 21.4. The molecule has 3 nitrogen and oxygen atoms in total. The highest BCUT2D eigenvalue weighted by molar-refractivity contribution is 7.21. The maximum Gasteiger partial charge on any atom is 0.263 e. The summed E-state index contributed by atoms with van der Waals surface area (Å²) in [4.78, 5) is 15.9. The van der Waals surface area contributed by atoms with E-state index in [2.05, 4.69) is 17.0 Å². The number of rotatable bonds is 3. The maximum absolute atomic E-state index is 12.0. The van der Waals surface area contributed by atoms with Crippen LogP contribution in [-0.2, 0) is 0 Å². The van der Waals surface area contributed by atoms with Gasteiger partial charge in [0.1, 0.15) is 4.88 Å². The lowest BCUT2D eigenvalue weighted by Crippen LogP contribution is -2.24. The van der Waals surface area contributed by atoms with Crippen molar-refractivity contribution in [2.24, 2.45) is 4.99 Å². The highest BCUT2D eigenvalue weighted by atomic mass is 35.5. The highest BCUT2D eigenvalue weighted by Gasteiger charge is 2.16. The van der Waals surface area contributed by atoms with Crippen molar-refractivity contribution in [3.8, 4) is 0 Å². The number of halogens is 1. The van der Waals surface area contributed by atoms with Crippen LogP contribution in [0.1, 0.15) is 37.4 Å². The van der Waals surface area contributed by atoms with Crippen LogP contribution < -0.4 is 5.32 Å². The molecule has 0 saturated carbocycles. The van der Waals surface area contributed by atoms with Crippen molar-refractivity contribution in [3.63, 3.8) is 0 Å². The smallest absolute Gasteiger partial charge is 0.263 e. The molecule has 0 spiro atoms. The Morgan fingerprint density at radius 2 is 1.96 bits per heavy atom. The van der Waals surface area contributed by atoms with Crippen molar-refractivity contribution in [2.45, 2.75) is 27.7 Å². The van der Waals surface area contributed by atoms with E-state index in [0.717, 1.165) is 15.7 Å². The third kappa shape index (κ3) is 6.55. The van der Waals surface area contributed by atoms with Gasteiger partial charge in [-0.2, -0.15) is 0 Å². The van der Waals surface area contributed by atoms with Crippen LogP contribution in [0.3, 0.4) is 0 Å². The summed E-state index contributed by atoms with van der Waals surface area (Å²) in [5.41, 5.74) is 1.13. The number of carbonyl (C=O) groups is 1. The number of aliphatic imine (C=N–C) groups is 1. The lowest BCUT2D eigenvalue weighted by atomic mass is 10.2. The predicted octanol–water partition coefficient (Wildman–Crippen LogP) is 5.59. The van der Waals surface area contributed by atoms with Gasteiger partial charge in [-0.3, -0.25) is 4.79 Å². The fraction of sp³-hybridized carbons (Fsp3) is 0.333. The summed E-state index contributed by atoms with van der Waals surface area (Å²) < 4.78 is 1.04. The van der Waals surface area contributed by atoms with Gasteiger partial charge in [0.2, 0.25) is 0 Å². The molecule has 0 aliphatic rings. The normalized spacial score (nSPS) is 10.1. The summed E-state index contributed by atoms with van der Waals surface area (Å²) in [6.07, 6.45) is 1.98. The lowest BCUT2D eigenvalue weighted by molar-refractivity contribution is 0.0961. The Labute approximate surface area is 148 Å². The number of nitrogens with zero attached hydrogens (tertiary/aromatic N) is 1. The third-order valence-electron chi connectivity index (χ3n) is 2.76. The van der Waals surface area contributed by atoms with Crippen molar-refractivity contribution < 1.29 is 4.79 Å². The van der Waals surface area contributed by atoms with Crippen LogP contribution in [0.15, 0.2) is 40.9 Å². The molecule has 2 rings (SSSR count). The topological polar surface area (TPSA) is 41.5 Å². The number of amides is 1. The number of nitrogens with one attached hydrogen (secondary N) is 1. The molecule has 0 fully saturated rings. The Hall–Kier alpha value is -1.65. The second kappa shape index (κ2) is 11.9. The summed E-state index contributed by atoms with van der Waals surface area (Å²) in [5, 5.41) is 4.36. The molecule has 2 aromatic rings. The minimum absolute atomic E-state index is 0.109. The lowest BCUT2D eigenvalue weighted by Gasteiger charge is -2.03. The van der Waals surface area contributed by atoms with Crippen molar-refractivity contribution >= 4 is 45.6 Å². The van der Waals surface area contributed by atoms with Crippen molar-refractivity contribution in [1.29, 1.82) is 0 Å². The summed E-state index contributed by atoms with van der Waals surface area (Å²) >= 11 is 7.66. The van der Waals surface area contributed by atoms with Crippen LogP contribution in [0, 0.1) is 0 Å². The Balaban J connectivity index is 0.000000868. The van der Waals surface area contributed by atoms with E-state index in [0.29, 0.717) is 16.4 Å². The molecule has 0 bridgehead atoms. The van der Waals surface area contributed by atoms with Crippen LogP contribution in [0.4, 0.5) is 0 Å². The SMILES string of the molecule is C/C=C(\C)CNC(=O)c1sc2ccccc2c1Cl.C=NC.CC. The van der Waals surface area contributed by atoms with Gasteiger partial charge in [-0.25, -0.2) is 0 Å². The molecular weight excluding hydrogens is 328 g/mol. The number of hydrogen-bond donors (Lipinski definition) is 1. The molecular formula is C18H25ClN2OS. The zero-order valence-corrected chi connectivity index (χ0v) is 16.0. The van der Waals surface area contributed by atoms with E-state index in [-0.39, 0.29) is 5.91 Å². The monoisotopic (exact) mass is 352 g/mol. The fourth-order valence-electron chi connectivity index (χ4n) is 1.56. The number of thiophene rings is 1. The van der Waals surface area contributed by atoms with Gasteiger partial charge >= 0.3 is 0 Å². The zero-order valence-electron chi connectivity index (χ0n) is 14.4. The molecule has 0 aliphatic carbocycles. The Bertz CT molecular complexity index is 662. The average molecular weight is 353 g/mol. The largest absolute Gasteiger partial charge is 0.348 e. The molecule has 1 amide bonds. The number of fused-ring (bicyclic) bond motifs is 1. The van der Waals surface area contributed by atoms with Gasteiger partial charge < -0.3 is 10.3 Å². The molecule has 0 unspecified atom stereocenters. The first-order valence-corrected chi connectivity index (χ1v) is 8.66. The van der Waals surface area contributed by atoms with Crippen molar-refractivity contribution in [2.75, 3.05) is 13.6 Å². The number of carbonyl (C=O) groups excluding carboxylic acids is 1. The Morgan fingerprint density at radius 3 is 2.48 bits per heavy atom. The molecule has 1 heterocycles. The number of benzene rings is 1. The van der Waals surface area contributed by atoms with Gasteiger partial charge in [-0.15, -0.1) is 11.3 Å². The Kier molecular flexibility index (Phi) is 11.0. The van der Waals surface area contributed by atoms with Gasteiger partial charge in [0, 0.05) is 23.7 Å². The van der Waals surface area contributed by atoms with Gasteiger partial charge in [-0.1, -0.05) is 55.3 Å². The van der Waals surface area contributed by atoms with E-state index in [9.17, 15) is 4.79 Å². The minimum Gasteiger partial charge on any atom is -0.348 e. The van der Waals surface area contributed by atoms with E-state index in [1.807, 2.05) is 58.0 Å². The van der Waals surface area contributed by atoms with Gasteiger partial charge in [0.05, 0.1) is 5.02 Å². The molecule has 1 N–H and O–H groups in total. The maximum atomic E-state index is 12.0. The predicted molar refractivity (Wildman–Crippen MR) is 105 cm³/mol. The summed E-state index contributed by atoms with van der Waals surface area (Å²) in [5.74, 6) is -0.109. The molecule has 0 radical (unpaired) electrons.